The van der Waals surface area contributed by atoms with E-state index in [-0.39, 0.29) is 0 Å². The normalized spacial score (nSPS) is 33.5. The fourth-order valence-electron chi connectivity index (χ4n) is 2.45. The van der Waals surface area contributed by atoms with E-state index in [1.165, 1.54) is 0 Å². The van der Waals surface area contributed by atoms with Crippen molar-refractivity contribution < 1.29 is 49.8 Å². The molecule has 0 saturated heterocycles. The van der Waals surface area contributed by atoms with E-state index in [1.807, 2.05) is 0 Å². The molecule has 6 N–H and O–H groups in total. The molecular weight excluding hydrogens is 316 g/mol. The van der Waals surface area contributed by atoms with Gasteiger partial charge in [-0.25, -0.2) is 4.79 Å². The molecule has 0 aromatic carbocycles. The quantitative estimate of drug-likeness (QED) is 0.292. The number of aliphatic carboxylic acids is 2. The highest BCUT2D eigenvalue weighted by molar-refractivity contribution is 5.78. The molecule has 5 atom stereocenters. The molecule has 23 heavy (non-hydrogen) atoms. The van der Waals surface area contributed by atoms with E-state index in [0.717, 1.165) is 6.92 Å². The number of carboxylic acids is 2. The molecule has 0 spiro atoms. The van der Waals surface area contributed by atoms with E-state index < -0.39 is 73.1 Å². The van der Waals surface area contributed by atoms with Crippen LogP contribution in [0.1, 0.15) is 32.6 Å². The summed E-state index contributed by atoms with van der Waals surface area (Å²) in [6, 6.07) is 0. The molecule has 10 nitrogen and oxygen atoms in total. The standard InChI is InChI=1S/C13H20O10/c1-12(21,4-8(15)16)5-9(17)23-7-3-13(22,11(19)20)2-6(14)10(7)18/h6-7,10,14,18,21-22H,2-5H2,1H3,(H,15,16)(H,19,20)/t6-,7-,10-,12?,13+/m1/s1. The Morgan fingerprint density at radius 3 is 2.22 bits per heavy atom. The third-order valence-corrected chi connectivity index (χ3v) is 3.60. The first kappa shape index (κ1) is 19.3. The zero-order valence-electron chi connectivity index (χ0n) is 12.4. The average molecular weight is 336 g/mol. The summed E-state index contributed by atoms with van der Waals surface area (Å²) in [5.74, 6) is -4.07. The first-order valence-electron chi connectivity index (χ1n) is 6.82. The van der Waals surface area contributed by atoms with Crippen LogP contribution in [0.15, 0.2) is 0 Å². The van der Waals surface area contributed by atoms with Gasteiger partial charge in [0.2, 0.25) is 0 Å². The number of carboxylic acid groups (broad SMARTS) is 2. The Labute approximate surface area is 130 Å². The first-order chi connectivity index (χ1) is 10.4. The minimum absolute atomic E-state index is 0.631. The summed E-state index contributed by atoms with van der Waals surface area (Å²) in [5.41, 5.74) is -4.27. The van der Waals surface area contributed by atoms with E-state index in [2.05, 4.69) is 0 Å². The Balaban J connectivity index is 2.75. The van der Waals surface area contributed by atoms with Crippen LogP contribution >= 0.6 is 0 Å². The van der Waals surface area contributed by atoms with Gasteiger partial charge in [0.05, 0.1) is 24.5 Å². The van der Waals surface area contributed by atoms with Gasteiger partial charge in [0.15, 0.2) is 5.60 Å². The summed E-state index contributed by atoms with van der Waals surface area (Å²) in [7, 11) is 0. The number of esters is 1. The number of carbonyl (C=O) groups excluding carboxylic acids is 1. The van der Waals surface area contributed by atoms with Crippen molar-refractivity contribution >= 4 is 17.9 Å². The Morgan fingerprint density at radius 1 is 1.17 bits per heavy atom. The van der Waals surface area contributed by atoms with Crippen LogP contribution in [-0.2, 0) is 19.1 Å². The second-order valence-electron chi connectivity index (χ2n) is 6.08. The third kappa shape index (κ3) is 5.13. The maximum atomic E-state index is 11.7. The van der Waals surface area contributed by atoms with Crippen LogP contribution in [0.5, 0.6) is 0 Å². The number of hydrogen-bond acceptors (Lipinski definition) is 8. The minimum Gasteiger partial charge on any atom is -0.481 e. The largest absolute Gasteiger partial charge is 0.481 e. The summed E-state index contributed by atoms with van der Waals surface area (Å²) < 4.78 is 4.81. The second kappa shape index (κ2) is 6.79. The molecule has 0 aliphatic heterocycles. The van der Waals surface area contributed by atoms with Crippen molar-refractivity contribution in [2.24, 2.45) is 0 Å². The van der Waals surface area contributed by atoms with Gasteiger partial charge in [-0.15, -0.1) is 0 Å². The molecule has 0 bridgehead atoms. The van der Waals surface area contributed by atoms with Gasteiger partial charge in [-0.2, -0.15) is 0 Å². The number of rotatable bonds is 6. The molecule has 0 amide bonds. The molecule has 1 unspecified atom stereocenters. The van der Waals surface area contributed by atoms with Gasteiger partial charge in [0.1, 0.15) is 12.2 Å². The molecule has 1 aliphatic carbocycles. The number of ether oxygens (including phenoxy) is 1. The van der Waals surface area contributed by atoms with Crippen molar-refractivity contribution in [2.75, 3.05) is 0 Å². The van der Waals surface area contributed by atoms with Gasteiger partial charge in [-0.1, -0.05) is 0 Å². The molecular formula is C13H20O10. The Morgan fingerprint density at radius 2 is 1.74 bits per heavy atom. The SMILES string of the molecule is CC(O)(CC(=O)O)CC(=O)O[C@@H]1C[C@](O)(C(=O)O)C[C@@H](O)[C@H]1O. The maximum absolute atomic E-state index is 11.7. The number of aliphatic hydroxyl groups is 4. The molecule has 0 radical (unpaired) electrons. The summed E-state index contributed by atoms with van der Waals surface area (Å²) in [6.45, 7) is 1.10. The number of hydrogen-bond donors (Lipinski definition) is 6. The van der Waals surface area contributed by atoms with Crippen molar-refractivity contribution in [3.05, 3.63) is 0 Å². The molecule has 1 fully saturated rings. The highest BCUT2D eigenvalue weighted by atomic mass is 16.6. The van der Waals surface area contributed by atoms with Gasteiger partial charge in [0.25, 0.3) is 0 Å². The van der Waals surface area contributed by atoms with Gasteiger partial charge in [-0.3, -0.25) is 9.59 Å². The molecule has 1 aliphatic rings. The summed E-state index contributed by atoms with van der Waals surface area (Å²) in [5, 5.41) is 56.6. The molecule has 1 rings (SSSR count). The smallest absolute Gasteiger partial charge is 0.335 e. The van der Waals surface area contributed by atoms with E-state index in [4.69, 9.17) is 14.9 Å². The van der Waals surface area contributed by atoms with Crippen LogP contribution in [0.3, 0.4) is 0 Å². The molecule has 132 valence electrons. The predicted molar refractivity (Wildman–Crippen MR) is 71.2 cm³/mol. The fraction of sp³-hybridized carbons (Fsp3) is 0.769. The first-order valence-corrected chi connectivity index (χ1v) is 6.82. The van der Waals surface area contributed by atoms with Crippen LogP contribution in [0, 0.1) is 0 Å². The fourth-order valence-corrected chi connectivity index (χ4v) is 2.45. The topological polar surface area (TPSA) is 182 Å². The van der Waals surface area contributed by atoms with Crippen LogP contribution < -0.4 is 0 Å². The van der Waals surface area contributed by atoms with Crippen molar-refractivity contribution in [1.29, 1.82) is 0 Å². The van der Waals surface area contributed by atoms with Crippen LogP contribution in [-0.4, -0.2) is 78.1 Å². The van der Waals surface area contributed by atoms with E-state index in [9.17, 15) is 34.8 Å². The highest BCUT2D eigenvalue weighted by Crippen LogP contribution is 2.31. The zero-order chi connectivity index (χ0) is 18.0. The van der Waals surface area contributed by atoms with Crippen molar-refractivity contribution in [1.82, 2.24) is 0 Å². The summed E-state index contributed by atoms with van der Waals surface area (Å²) >= 11 is 0. The second-order valence-corrected chi connectivity index (χ2v) is 6.08. The van der Waals surface area contributed by atoms with Crippen molar-refractivity contribution in [2.45, 2.75) is 62.1 Å². The Bertz CT molecular complexity index is 487. The van der Waals surface area contributed by atoms with E-state index in [0.29, 0.717) is 0 Å². The third-order valence-electron chi connectivity index (χ3n) is 3.60. The van der Waals surface area contributed by atoms with Gasteiger partial charge < -0.3 is 35.4 Å². The molecule has 1 saturated carbocycles. The van der Waals surface area contributed by atoms with E-state index >= 15 is 0 Å². The molecule has 0 aromatic heterocycles. The molecule has 10 heteroatoms. The van der Waals surface area contributed by atoms with Crippen molar-refractivity contribution in [3.8, 4) is 0 Å². The van der Waals surface area contributed by atoms with Gasteiger partial charge in [-0.05, 0) is 6.92 Å². The lowest BCUT2D eigenvalue weighted by molar-refractivity contribution is -0.199. The number of aliphatic hydroxyl groups excluding tert-OH is 2. The lowest BCUT2D eigenvalue weighted by atomic mass is 9.79. The average Bonchev–Trinajstić information content (AvgIpc) is 2.32. The Hall–Kier alpha value is -1.75. The predicted octanol–water partition coefficient (Wildman–Crippen LogP) is -2.15. The maximum Gasteiger partial charge on any atom is 0.335 e. The monoisotopic (exact) mass is 336 g/mol. The van der Waals surface area contributed by atoms with E-state index in [1.54, 1.807) is 0 Å². The lowest BCUT2D eigenvalue weighted by Crippen LogP contribution is -2.57. The van der Waals surface area contributed by atoms with Crippen LogP contribution in [0.4, 0.5) is 0 Å². The summed E-state index contributed by atoms with van der Waals surface area (Å²) in [6.07, 6.45) is -7.46. The van der Waals surface area contributed by atoms with Gasteiger partial charge in [0, 0.05) is 12.8 Å². The minimum atomic E-state index is -2.37. The van der Waals surface area contributed by atoms with Crippen LogP contribution in [0.2, 0.25) is 0 Å². The lowest BCUT2D eigenvalue weighted by Gasteiger charge is -2.39. The highest BCUT2D eigenvalue weighted by Gasteiger charge is 2.50. The number of carbonyl (C=O) groups is 3. The Kier molecular flexibility index (Phi) is 5.69. The molecule has 0 aromatic rings. The van der Waals surface area contributed by atoms with Gasteiger partial charge >= 0.3 is 17.9 Å². The summed E-state index contributed by atoms with van der Waals surface area (Å²) in [4.78, 5) is 33.3. The van der Waals surface area contributed by atoms with Crippen molar-refractivity contribution in [3.63, 3.8) is 0 Å². The molecule has 0 heterocycles. The van der Waals surface area contributed by atoms with Crippen LogP contribution in [0.25, 0.3) is 0 Å². The zero-order valence-corrected chi connectivity index (χ0v) is 12.4.